The zero-order valence-corrected chi connectivity index (χ0v) is 17.8. The van der Waals surface area contributed by atoms with Gasteiger partial charge in [0.05, 0.1) is 13.7 Å². The Morgan fingerprint density at radius 1 is 0.903 bits per heavy atom. The van der Waals surface area contributed by atoms with Crippen molar-refractivity contribution in [2.75, 3.05) is 20.2 Å². The molecule has 3 aromatic carbocycles. The minimum Gasteiger partial charge on any atom is -0.497 e. The lowest BCUT2D eigenvalue weighted by Crippen LogP contribution is -2.55. The number of hydrogen-bond donors (Lipinski definition) is 1. The van der Waals surface area contributed by atoms with Crippen molar-refractivity contribution in [3.63, 3.8) is 0 Å². The second-order valence-electron chi connectivity index (χ2n) is 7.78. The number of nitrogens with zero attached hydrogens (tertiary/aromatic N) is 1. The van der Waals surface area contributed by atoms with E-state index >= 15 is 0 Å². The van der Waals surface area contributed by atoms with Crippen molar-refractivity contribution in [2.24, 2.45) is 0 Å². The highest BCUT2D eigenvalue weighted by Gasteiger charge is 2.28. The summed E-state index contributed by atoms with van der Waals surface area (Å²) in [4.78, 5) is 14.6. The normalized spacial score (nSPS) is 16.2. The highest BCUT2D eigenvalue weighted by atomic mass is 16.5. The molecule has 0 spiro atoms. The zero-order chi connectivity index (χ0) is 21.5. The molecule has 160 valence electrons. The standard InChI is InChI=1S/C26H28N2O3/c1-30-25-9-5-8-22(15-25)18-28-23(16-27-17-26(28)29)14-20-10-12-24(13-11-20)31-19-21-6-3-2-4-7-21/h2-13,15,23,27H,14,16-19H2,1H3/t23-/m0/s1. The van der Waals surface area contributed by atoms with Crippen LogP contribution in [0, 0.1) is 0 Å². The van der Waals surface area contributed by atoms with Crippen molar-refractivity contribution < 1.29 is 14.3 Å². The molecule has 1 amide bonds. The zero-order valence-electron chi connectivity index (χ0n) is 17.8. The third-order valence-electron chi connectivity index (χ3n) is 5.55. The van der Waals surface area contributed by atoms with E-state index in [0.717, 1.165) is 35.6 Å². The lowest BCUT2D eigenvalue weighted by atomic mass is 10.0. The molecule has 0 aliphatic carbocycles. The van der Waals surface area contributed by atoms with Gasteiger partial charge in [-0.1, -0.05) is 54.6 Å². The van der Waals surface area contributed by atoms with Crippen LogP contribution >= 0.6 is 0 Å². The van der Waals surface area contributed by atoms with E-state index in [9.17, 15) is 4.79 Å². The van der Waals surface area contributed by atoms with E-state index in [0.29, 0.717) is 19.7 Å². The average molecular weight is 417 g/mol. The number of hydrogen-bond acceptors (Lipinski definition) is 4. The van der Waals surface area contributed by atoms with Gasteiger partial charge < -0.3 is 19.7 Å². The molecule has 0 saturated carbocycles. The Balaban J connectivity index is 1.39. The largest absolute Gasteiger partial charge is 0.497 e. The molecule has 1 heterocycles. The average Bonchev–Trinajstić information content (AvgIpc) is 2.82. The molecule has 5 nitrogen and oxygen atoms in total. The summed E-state index contributed by atoms with van der Waals surface area (Å²) in [6.07, 6.45) is 0.793. The lowest BCUT2D eigenvalue weighted by molar-refractivity contribution is -0.135. The Kier molecular flexibility index (Phi) is 6.85. The maximum atomic E-state index is 12.6. The number of benzene rings is 3. The van der Waals surface area contributed by atoms with Crippen molar-refractivity contribution in [3.8, 4) is 11.5 Å². The fourth-order valence-corrected chi connectivity index (χ4v) is 3.86. The van der Waals surface area contributed by atoms with E-state index in [1.807, 2.05) is 59.5 Å². The van der Waals surface area contributed by atoms with Crippen LogP contribution in [0.15, 0.2) is 78.9 Å². The van der Waals surface area contributed by atoms with Crippen molar-refractivity contribution in [1.29, 1.82) is 0 Å². The highest BCUT2D eigenvalue weighted by Crippen LogP contribution is 2.20. The van der Waals surface area contributed by atoms with E-state index in [1.165, 1.54) is 5.56 Å². The van der Waals surface area contributed by atoms with E-state index < -0.39 is 0 Å². The Labute approximate surface area is 183 Å². The Morgan fingerprint density at radius 3 is 2.45 bits per heavy atom. The van der Waals surface area contributed by atoms with Gasteiger partial charge in [0.15, 0.2) is 0 Å². The first-order valence-corrected chi connectivity index (χ1v) is 10.6. The second-order valence-corrected chi connectivity index (χ2v) is 7.78. The summed E-state index contributed by atoms with van der Waals surface area (Å²) in [7, 11) is 1.66. The number of carbonyl (C=O) groups is 1. The lowest BCUT2D eigenvalue weighted by Gasteiger charge is -2.36. The molecule has 1 fully saturated rings. The maximum absolute atomic E-state index is 12.6. The minimum absolute atomic E-state index is 0.100. The Bertz CT molecular complexity index is 989. The van der Waals surface area contributed by atoms with Crippen LogP contribution < -0.4 is 14.8 Å². The Morgan fingerprint density at radius 2 is 1.68 bits per heavy atom. The first-order valence-electron chi connectivity index (χ1n) is 10.6. The van der Waals surface area contributed by atoms with Gasteiger partial charge in [0.25, 0.3) is 0 Å². The van der Waals surface area contributed by atoms with Crippen LogP contribution in [0.2, 0.25) is 0 Å². The summed E-state index contributed by atoms with van der Waals surface area (Å²) in [5.41, 5.74) is 3.40. The molecule has 1 N–H and O–H groups in total. The number of methoxy groups -OCH3 is 1. The SMILES string of the molecule is COc1cccc(CN2C(=O)CNC[C@@H]2Cc2ccc(OCc3ccccc3)cc2)c1. The number of amides is 1. The van der Waals surface area contributed by atoms with Gasteiger partial charge in [-0.25, -0.2) is 0 Å². The van der Waals surface area contributed by atoms with Crippen molar-refractivity contribution in [1.82, 2.24) is 10.2 Å². The third kappa shape index (κ3) is 5.64. The molecule has 4 rings (SSSR count). The number of rotatable bonds is 8. The van der Waals surface area contributed by atoms with E-state index in [1.54, 1.807) is 7.11 Å². The summed E-state index contributed by atoms with van der Waals surface area (Å²) in [6.45, 7) is 2.30. The molecule has 0 unspecified atom stereocenters. The quantitative estimate of drug-likeness (QED) is 0.607. The third-order valence-corrected chi connectivity index (χ3v) is 5.55. The highest BCUT2D eigenvalue weighted by molar-refractivity contribution is 5.79. The van der Waals surface area contributed by atoms with Crippen LogP contribution in [-0.4, -0.2) is 37.0 Å². The van der Waals surface area contributed by atoms with Crippen LogP contribution in [0.25, 0.3) is 0 Å². The summed E-state index contributed by atoms with van der Waals surface area (Å²) in [6, 6.07) is 26.3. The molecule has 3 aromatic rings. The van der Waals surface area contributed by atoms with Gasteiger partial charge in [0.1, 0.15) is 18.1 Å². The van der Waals surface area contributed by atoms with Crippen LogP contribution in [0.3, 0.4) is 0 Å². The molecule has 1 saturated heterocycles. The van der Waals surface area contributed by atoms with Gasteiger partial charge in [-0.3, -0.25) is 4.79 Å². The number of carbonyl (C=O) groups excluding carboxylic acids is 1. The summed E-state index contributed by atoms with van der Waals surface area (Å²) in [5, 5.41) is 3.25. The summed E-state index contributed by atoms with van der Waals surface area (Å²) >= 11 is 0. The predicted molar refractivity (Wildman–Crippen MR) is 121 cm³/mol. The van der Waals surface area contributed by atoms with Crippen molar-refractivity contribution in [2.45, 2.75) is 25.6 Å². The first-order chi connectivity index (χ1) is 15.2. The Hall–Kier alpha value is -3.31. The topological polar surface area (TPSA) is 50.8 Å². The van der Waals surface area contributed by atoms with Crippen molar-refractivity contribution >= 4 is 5.91 Å². The van der Waals surface area contributed by atoms with Gasteiger partial charge in [0.2, 0.25) is 5.91 Å². The van der Waals surface area contributed by atoms with E-state index in [4.69, 9.17) is 9.47 Å². The molecule has 0 aromatic heterocycles. The monoisotopic (exact) mass is 416 g/mol. The molecule has 1 aliphatic heterocycles. The smallest absolute Gasteiger partial charge is 0.237 e. The number of piperazine rings is 1. The van der Waals surface area contributed by atoms with Gasteiger partial charge >= 0.3 is 0 Å². The molecule has 0 radical (unpaired) electrons. The van der Waals surface area contributed by atoms with E-state index in [2.05, 4.69) is 29.6 Å². The maximum Gasteiger partial charge on any atom is 0.237 e. The fraction of sp³-hybridized carbons (Fsp3) is 0.269. The molecule has 31 heavy (non-hydrogen) atoms. The first kappa shape index (κ1) is 20.9. The van der Waals surface area contributed by atoms with E-state index in [-0.39, 0.29) is 11.9 Å². The van der Waals surface area contributed by atoms with Gasteiger partial charge in [-0.2, -0.15) is 0 Å². The number of nitrogens with one attached hydrogen (secondary N) is 1. The van der Waals surface area contributed by atoms with Gasteiger partial charge in [0, 0.05) is 19.1 Å². The van der Waals surface area contributed by atoms with Crippen LogP contribution in [-0.2, 0) is 24.4 Å². The van der Waals surface area contributed by atoms with Gasteiger partial charge in [-0.15, -0.1) is 0 Å². The van der Waals surface area contributed by atoms with Crippen LogP contribution in [0.4, 0.5) is 0 Å². The molecule has 1 aliphatic rings. The van der Waals surface area contributed by atoms with Crippen molar-refractivity contribution in [3.05, 3.63) is 95.6 Å². The molecular weight excluding hydrogens is 388 g/mol. The molecule has 0 bridgehead atoms. The summed E-state index contributed by atoms with van der Waals surface area (Å²) < 4.78 is 11.2. The fourth-order valence-electron chi connectivity index (χ4n) is 3.86. The molecular formula is C26H28N2O3. The predicted octanol–water partition coefficient (Wildman–Crippen LogP) is 3.82. The molecule has 1 atom stereocenters. The van der Waals surface area contributed by atoms with Crippen LogP contribution in [0.1, 0.15) is 16.7 Å². The minimum atomic E-state index is 0.100. The van der Waals surface area contributed by atoms with Gasteiger partial charge in [-0.05, 0) is 47.4 Å². The van der Waals surface area contributed by atoms with Crippen LogP contribution in [0.5, 0.6) is 11.5 Å². The second kappa shape index (κ2) is 10.1. The number of ether oxygens (including phenoxy) is 2. The summed E-state index contributed by atoms with van der Waals surface area (Å²) in [5.74, 6) is 1.78. The molecule has 5 heteroatoms.